The Balaban J connectivity index is 1.78. The third-order valence-corrected chi connectivity index (χ3v) is 4.36. The Hall–Kier alpha value is -1.88. The quantitative estimate of drug-likeness (QED) is 0.923. The molecule has 118 valence electrons. The minimum atomic E-state index is -0.183. The van der Waals surface area contributed by atoms with Gasteiger partial charge in [0.2, 0.25) is 11.8 Å². The van der Waals surface area contributed by atoms with Crippen LogP contribution in [0.4, 0.5) is 0 Å². The molecule has 0 aliphatic carbocycles. The standard InChI is InChI=1S/C17H22N2O3/c20-16-12-15(13-5-2-1-3-6-13)19(9-8-18-16)17(21)11-14-7-4-10-22-14/h1-3,5-6,14-15H,4,7-12H2,(H,18,20)/t14-,15-/m1/s1. The minimum absolute atomic E-state index is 0.00118. The molecule has 0 bridgehead atoms. The van der Waals surface area contributed by atoms with E-state index >= 15 is 0 Å². The van der Waals surface area contributed by atoms with Gasteiger partial charge in [-0.15, -0.1) is 0 Å². The van der Waals surface area contributed by atoms with Crippen molar-refractivity contribution in [2.75, 3.05) is 19.7 Å². The third-order valence-electron chi connectivity index (χ3n) is 4.36. The highest BCUT2D eigenvalue weighted by Crippen LogP contribution is 2.27. The van der Waals surface area contributed by atoms with Crippen LogP contribution >= 0.6 is 0 Å². The highest BCUT2D eigenvalue weighted by Gasteiger charge is 2.31. The fraction of sp³-hybridized carbons (Fsp3) is 0.529. The van der Waals surface area contributed by atoms with E-state index in [1.165, 1.54) is 0 Å². The van der Waals surface area contributed by atoms with E-state index < -0.39 is 0 Å². The van der Waals surface area contributed by atoms with Crippen molar-refractivity contribution in [1.82, 2.24) is 10.2 Å². The number of carbonyl (C=O) groups excluding carboxylic acids is 2. The number of benzene rings is 1. The second-order valence-electron chi connectivity index (χ2n) is 5.91. The van der Waals surface area contributed by atoms with Crippen molar-refractivity contribution in [1.29, 1.82) is 0 Å². The van der Waals surface area contributed by atoms with E-state index in [1.54, 1.807) is 0 Å². The number of hydrogen-bond donors (Lipinski definition) is 1. The third kappa shape index (κ3) is 3.47. The van der Waals surface area contributed by atoms with Crippen LogP contribution in [-0.2, 0) is 14.3 Å². The summed E-state index contributed by atoms with van der Waals surface area (Å²) in [6.07, 6.45) is 2.75. The maximum absolute atomic E-state index is 12.7. The smallest absolute Gasteiger partial charge is 0.225 e. The average Bonchev–Trinajstić information content (AvgIpc) is 2.95. The normalized spacial score (nSPS) is 25.6. The van der Waals surface area contributed by atoms with Gasteiger partial charge in [-0.1, -0.05) is 30.3 Å². The van der Waals surface area contributed by atoms with E-state index in [-0.39, 0.29) is 24.0 Å². The summed E-state index contributed by atoms with van der Waals surface area (Å²) in [5, 5.41) is 2.86. The first-order chi connectivity index (χ1) is 10.7. The summed E-state index contributed by atoms with van der Waals surface area (Å²) < 4.78 is 5.58. The lowest BCUT2D eigenvalue weighted by atomic mass is 10.0. The zero-order chi connectivity index (χ0) is 15.4. The van der Waals surface area contributed by atoms with Crippen molar-refractivity contribution < 1.29 is 14.3 Å². The van der Waals surface area contributed by atoms with Crippen molar-refractivity contribution in [3.63, 3.8) is 0 Å². The first-order valence-corrected chi connectivity index (χ1v) is 7.97. The minimum Gasteiger partial charge on any atom is -0.378 e. The summed E-state index contributed by atoms with van der Waals surface area (Å²) in [4.78, 5) is 26.5. The second kappa shape index (κ2) is 6.92. The molecule has 0 radical (unpaired) electrons. The second-order valence-corrected chi connectivity index (χ2v) is 5.91. The van der Waals surface area contributed by atoms with Crippen LogP contribution < -0.4 is 5.32 Å². The lowest BCUT2D eigenvalue weighted by Gasteiger charge is -2.30. The van der Waals surface area contributed by atoms with E-state index in [4.69, 9.17) is 4.74 Å². The van der Waals surface area contributed by atoms with Crippen molar-refractivity contribution >= 4 is 11.8 Å². The lowest BCUT2D eigenvalue weighted by molar-refractivity contribution is -0.136. The fourth-order valence-corrected chi connectivity index (χ4v) is 3.22. The average molecular weight is 302 g/mol. The topological polar surface area (TPSA) is 58.6 Å². The van der Waals surface area contributed by atoms with Gasteiger partial charge < -0.3 is 15.0 Å². The first-order valence-electron chi connectivity index (χ1n) is 7.97. The van der Waals surface area contributed by atoms with Crippen LogP contribution in [0.5, 0.6) is 0 Å². The number of amides is 2. The van der Waals surface area contributed by atoms with E-state index in [2.05, 4.69) is 5.32 Å². The predicted octanol–water partition coefficient (Wildman–Crippen LogP) is 1.65. The molecule has 1 aromatic carbocycles. The van der Waals surface area contributed by atoms with Gasteiger partial charge in [0.1, 0.15) is 0 Å². The number of carbonyl (C=O) groups is 2. The fourth-order valence-electron chi connectivity index (χ4n) is 3.22. The van der Waals surface area contributed by atoms with Gasteiger partial charge >= 0.3 is 0 Å². The molecular weight excluding hydrogens is 280 g/mol. The number of hydrogen-bond acceptors (Lipinski definition) is 3. The van der Waals surface area contributed by atoms with Crippen LogP contribution in [0.2, 0.25) is 0 Å². The SMILES string of the molecule is O=C1C[C@H](c2ccccc2)N(C(=O)C[C@H]2CCCO2)CCN1. The van der Waals surface area contributed by atoms with Crippen LogP contribution in [0.25, 0.3) is 0 Å². The molecule has 2 amide bonds. The lowest BCUT2D eigenvalue weighted by Crippen LogP contribution is -2.38. The molecule has 2 aliphatic rings. The van der Waals surface area contributed by atoms with Crippen LogP contribution in [0.15, 0.2) is 30.3 Å². The van der Waals surface area contributed by atoms with Gasteiger partial charge in [0.05, 0.1) is 25.0 Å². The largest absolute Gasteiger partial charge is 0.378 e. The van der Waals surface area contributed by atoms with Crippen molar-refractivity contribution in [3.05, 3.63) is 35.9 Å². The molecule has 0 spiro atoms. The Morgan fingerprint density at radius 1 is 1.32 bits per heavy atom. The number of rotatable bonds is 3. The molecule has 2 heterocycles. The summed E-state index contributed by atoms with van der Waals surface area (Å²) in [7, 11) is 0. The van der Waals surface area contributed by atoms with Crippen molar-refractivity contribution in [2.45, 2.75) is 37.8 Å². The molecule has 5 heteroatoms. The number of ether oxygens (including phenoxy) is 1. The molecule has 2 atom stereocenters. The van der Waals surface area contributed by atoms with E-state index in [9.17, 15) is 9.59 Å². The molecule has 0 aromatic heterocycles. The van der Waals surface area contributed by atoms with Gasteiger partial charge in [-0.25, -0.2) is 0 Å². The molecule has 1 N–H and O–H groups in total. The summed E-state index contributed by atoms with van der Waals surface area (Å²) in [6, 6.07) is 9.61. The van der Waals surface area contributed by atoms with E-state index in [0.29, 0.717) is 25.9 Å². The summed E-state index contributed by atoms with van der Waals surface area (Å²) in [5.74, 6) is 0.0820. The van der Waals surface area contributed by atoms with Gasteiger partial charge in [-0.2, -0.15) is 0 Å². The zero-order valence-electron chi connectivity index (χ0n) is 12.7. The number of nitrogens with zero attached hydrogens (tertiary/aromatic N) is 1. The van der Waals surface area contributed by atoms with Crippen LogP contribution in [0.3, 0.4) is 0 Å². The molecule has 2 aliphatic heterocycles. The molecule has 3 rings (SSSR count). The van der Waals surface area contributed by atoms with E-state index in [1.807, 2.05) is 35.2 Å². The maximum atomic E-state index is 12.7. The Morgan fingerprint density at radius 2 is 2.14 bits per heavy atom. The molecule has 1 aromatic rings. The summed E-state index contributed by atoms with van der Waals surface area (Å²) in [6.45, 7) is 1.82. The molecule has 22 heavy (non-hydrogen) atoms. The Labute approximate surface area is 130 Å². The maximum Gasteiger partial charge on any atom is 0.225 e. The molecular formula is C17H22N2O3. The van der Waals surface area contributed by atoms with E-state index in [0.717, 1.165) is 25.0 Å². The molecule has 0 saturated carbocycles. The molecule has 5 nitrogen and oxygen atoms in total. The molecule has 0 unspecified atom stereocenters. The van der Waals surface area contributed by atoms with Crippen molar-refractivity contribution in [2.24, 2.45) is 0 Å². The molecule has 2 fully saturated rings. The Morgan fingerprint density at radius 3 is 2.86 bits per heavy atom. The zero-order valence-corrected chi connectivity index (χ0v) is 12.7. The predicted molar refractivity (Wildman–Crippen MR) is 82.1 cm³/mol. The van der Waals surface area contributed by atoms with Gasteiger partial charge in [0, 0.05) is 19.7 Å². The highest BCUT2D eigenvalue weighted by atomic mass is 16.5. The van der Waals surface area contributed by atoms with Crippen LogP contribution in [0.1, 0.15) is 37.3 Å². The van der Waals surface area contributed by atoms with Crippen LogP contribution in [-0.4, -0.2) is 42.5 Å². The first kappa shape index (κ1) is 15.0. The highest BCUT2D eigenvalue weighted by molar-refractivity contribution is 5.81. The number of nitrogens with one attached hydrogen (secondary N) is 1. The Kier molecular flexibility index (Phi) is 4.73. The molecule has 2 saturated heterocycles. The van der Waals surface area contributed by atoms with Crippen molar-refractivity contribution in [3.8, 4) is 0 Å². The van der Waals surface area contributed by atoms with Gasteiger partial charge in [0.25, 0.3) is 0 Å². The van der Waals surface area contributed by atoms with Gasteiger partial charge in [-0.3, -0.25) is 9.59 Å². The summed E-state index contributed by atoms with van der Waals surface area (Å²) in [5.41, 5.74) is 1.01. The van der Waals surface area contributed by atoms with Gasteiger partial charge in [-0.05, 0) is 18.4 Å². The van der Waals surface area contributed by atoms with Gasteiger partial charge in [0.15, 0.2) is 0 Å². The monoisotopic (exact) mass is 302 g/mol. The van der Waals surface area contributed by atoms with Crippen LogP contribution in [0, 0.1) is 0 Å². The Bertz CT molecular complexity index is 526. The summed E-state index contributed by atoms with van der Waals surface area (Å²) >= 11 is 0.